The number of likely N-dealkylation sites (tertiary alicyclic amines) is 1. The summed E-state index contributed by atoms with van der Waals surface area (Å²) in [6, 6.07) is 8.31. The SMILES string of the molecule is C=CC1CC1(NC(=O)C1CC(OC(=O)Nc2ccccc2-n2cccc2)CN1C(=O)C(NC(=O)OC(C)(C)C)C(C)(C)C)C(=O)NS(=O)(=O)C1CC1. The largest absolute Gasteiger partial charge is 0.444 e. The van der Waals surface area contributed by atoms with Crippen LogP contribution in [0.3, 0.4) is 0 Å². The van der Waals surface area contributed by atoms with E-state index in [-0.39, 0.29) is 19.4 Å². The maximum atomic E-state index is 14.4. The standard InChI is InChI=1S/C36H48N6O9S/c1-8-22-20-36(22,31(45)40-52(48,49)24-15-16-24)39-29(43)27-19-23(50-32(46)37-25-13-9-10-14-26(25)41-17-11-12-18-41)21-42(27)30(44)28(34(2,3)4)38-33(47)51-35(5,6)7/h8-14,17-18,22-24,27-28H,1,15-16,19-21H2,2-7H3,(H,37,46)(H,38,47)(H,39,43)(H,40,45). The molecule has 0 spiro atoms. The van der Waals surface area contributed by atoms with E-state index in [4.69, 9.17) is 9.47 Å². The average molecular weight is 741 g/mol. The van der Waals surface area contributed by atoms with Gasteiger partial charge in [-0.25, -0.2) is 18.0 Å². The highest BCUT2D eigenvalue weighted by Gasteiger charge is 2.62. The van der Waals surface area contributed by atoms with Gasteiger partial charge in [-0.2, -0.15) is 0 Å². The second-order valence-corrected chi connectivity index (χ2v) is 17.6. The van der Waals surface area contributed by atoms with E-state index in [0.29, 0.717) is 24.2 Å². The number of nitrogens with one attached hydrogen (secondary N) is 4. The van der Waals surface area contributed by atoms with Crippen molar-refractivity contribution in [1.82, 2.24) is 24.8 Å². The number of rotatable bonds is 11. The second-order valence-electron chi connectivity index (χ2n) is 15.6. The first-order valence-corrected chi connectivity index (χ1v) is 18.8. The smallest absolute Gasteiger partial charge is 0.412 e. The van der Waals surface area contributed by atoms with Gasteiger partial charge in [0.1, 0.15) is 29.3 Å². The Morgan fingerprint density at radius 2 is 1.63 bits per heavy atom. The normalized spacial score (nSPS) is 23.5. The fourth-order valence-electron chi connectivity index (χ4n) is 6.22. The number of para-hydroxylation sites is 2. The lowest BCUT2D eigenvalue weighted by atomic mass is 9.85. The number of alkyl carbamates (subject to hydrolysis) is 1. The number of aromatic nitrogens is 1. The van der Waals surface area contributed by atoms with Crippen molar-refractivity contribution in [3.63, 3.8) is 0 Å². The van der Waals surface area contributed by atoms with Gasteiger partial charge >= 0.3 is 12.2 Å². The summed E-state index contributed by atoms with van der Waals surface area (Å²) in [5.74, 6) is -2.85. The zero-order valence-corrected chi connectivity index (χ0v) is 31.1. The van der Waals surface area contributed by atoms with Crippen LogP contribution < -0.4 is 20.7 Å². The summed E-state index contributed by atoms with van der Waals surface area (Å²) in [6.45, 7) is 13.8. The fraction of sp³-hybridized carbons (Fsp3) is 0.528. The Bertz CT molecular complexity index is 1830. The van der Waals surface area contributed by atoms with Crippen molar-refractivity contribution in [3.8, 4) is 5.69 Å². The third-order valence-corrected chi connectivity index (χ3v) is 11.0. The van der Waals surface area contributed by atoms with Crippen molar-refractivity contribution in [2.24, 2.45) is 11.3 Å². The number of anilines is 1. The van der Waals surface area contributed by atoms with Crippen molar-refractivity contribution in [2.75, 3.05) is 11.9 Å². The van der Waals surface area contributed by atoms with Crippen LogP contribution in [0.1, 0.15) is 67.2 Å². The van der Waals surface area contributed by atoms with Crippen LogP contribution in [0.2, 0.25) is 0 Å². The quantitative estimate of drug-likeness (QED) is 0.249. The molecule has 0 radical (unpaired) electrons. The Morgan fingerprint density at radius 3 is 2.21 bits per heavy atom. The summed E-state index contributed by atoms with van der Waals surface area (Å²) in [5, 5.41) is 7.43. The number of hydrogen-bond donors (Lipinski definition) is 4. The number of nitrogens with zero attached hydrogens (tertiary/aromatic N) is 2. The van der Waals surface area contributed by atoms with E-state index in [9.17, 15) is 32.4 Å². The molecule has 52 heavy (non-hydrogen) atoms. The molecule has 3 fully saturated rings. The van der Waals surface area contributed by atoms with Crippen molar-refractivity contribution < 1.29 is 41.9 Å². The fourth-order valence-corrected chi connectivity index (χ4v) is 7.59. The highest BCUT2D eigenvalue weighted by atomic mass is 32.2. The van der Waals surface area contributed by atoms with Crippen LogP contribution >= 0.6 is 0 Å². The first-order valence-electron chi connectivity index (χ1n) is 17.2. The summed E-state index contributed by atoms with van der Waals surface area (Å²) < 4.78 is 40.4. The molecule has 16 heteroatoms. The zero-order valence-electron chi connectivity index (χ0n) is 30.3. The monoisotopic (exact) mass is 740 g/mol. The van der Waals surface area contributed by atoms with E-state index in [2.05, 4.69) is 27.3 Å². The molecule has 282 valence electrons. The van der Waals surface area contributed by atoms with Gasteiger partial charge in [0.2, 0.25) is 21.8 Å². The molecule has 1 aliphatic heterocycles. The van der Waals surface area contributed by atoms with Crippen LogP contribution in [-0.2, 0) is 33.9 Å². The van der Waals surface area contributed by atoms with Crippen LogP contribution in [0, 0.1) is 11.3 Å². The maximum absolute atomic E-state index is 14.4. The predicted octanol–water partition coefficient (Wildman–Crippen LogP) is 3.60. The third kappa shape index (κ3) is 8.77. The predicted molar refractivity (Wildman–Crippen MR) is 192 cm³/mol. The molecule has 5 unspecified atom stereocenters. The third-order valence-electron chi connectivity index (χ3n) is 9.17. The molecule has 1 aromatic carbocycles. The first-order chi connectivity index (χ1) is 24.2. The highest BCUT2D eigenvalue weighted by Crippen LogP contribution is 2.45. The molecule has 5 atom stereocenters. The summed E-state index contributed by atoms with van der Waals surface area (Å²) in [4.78, 5) is 69.3. The zero-order chi connectivity index (χ0) is 38.2. The molecule has 3 aliphatic rings. The molecule has 5 amide bonds. The molecule has 4 N–H and O–H groups in total. The molecule has 0 bridgehead atoms. The number of amides is 5. The Kier molecular flexibility index (Phi) is 10.5. The minimum Gasteiger partial charge on any atom is -0.444 e. The molecule has 15 nitrogen and oxygen atoms in total. The highest BCUT2D eigenvalue weighted by molar-refractivity contribution is 7.91. The van der Waals surface area contributed by atoms with Crippen molar-refractivity contribution in [2.45, 2.75) is 102 Å². The van der Waals surface area contributed by atoms with E-state index in [0.717, 1.165) is 0 Å². The van der Waals surface area contributed by atoms with Gasteiger partial charge in [0.05, 0.1) is 23.2 Å². The van der Waals surface area contributed by atoms with Gasteiger partial charge in [-0.15, -0.1) is 6.58 Å². The molecule has 2 aliphatic carbocycles. The topological polar surface area (TPSA) is 194 Å². The maximum Gasteiger partial charge on any atom is 0.412 e. The molecule has 2 aromatic rings. The van der Waals surface area contributed by atoms with Crippen LogP contribution in [-0.4, -0.2) is 88.9 Å². The number of hydrogen-bond acceptors (Lipinski definition) is 9. The Labute approximate surface area is 303 Å². The van der Waals surface area contributed by atoms with Crippen LogP contribution in [0.15, 0.2) is 61.4 Å². The molecule has 1 saturated heterocycles. The number of benzene rings is 1. The summed E-state index contributed by atoms with van der Waals surface area (Å²) in [7, 11) is -3.93. The molecule has 5 rings (SSSR count). The lowest BCUT2D eigenvalue weighted by Gasteiger charge is -2.36. The number of ether oxygens (including phenoxy) is 2. The molecule has 1 aromatic heterocycles. The first kappa shape index (κ1) is 38.4. The van der Waals surface area contributed by atoms with Gasteiger partial charge < -0.3 is 29.6 Å². The molecule has 2 heterocycles. The van der Waals surface area contributed by atoms with E-state index < -0.39 is 85.8 Å². The van der Waals surface area contributed by atoms with Gasteiger partial charge in [0.15, 0.2) is 0 Å². The van der Waals surface area contributed by atoms with Crippen LogP contribution in [0.5, 0.6) is 0 Å². The minimum atomic E-state index is -3.93. The Morgan fingerprint density at radius 1 is 0.981 bits per heavy atom. The minimum absolute atomic E-state index is 0.100. The van der Waals surface area contributed by atoms with Crippen molar-refractivity contribution in [3.05, 3.63) is 61.4 Å². The van der Waals surface area contributed by atoms with E-state index in [1.54, 1.807) is 53.7 Å². The summed E-state index contributed by atoms with van der Waals surface area (Å²) >= 11 is 0. The molecule has 2 saturated carbocycles. The van der Waals surface area contributed by atoms with Crippen LogP contribution in [0.4, 0.5) is 15.3 Å². The number of sulfonamides is 1. The van der Waals surface area contributed by atoms with E-state index in [1.807, 2.05) is 41.2 Å². The van der Waals surface area contributed by atoms with Crippen molar-refractivity contribution in [1.29, 1.82) is 0 Å². The van der Waals surface area contributed by atoms with Gasteiger partial charge in [-0.05, 0) is 69.7 Å². The van der Waals surface area contributed by atoms with Gasteiger partial charge in [-0.3, -0.25) is 24.4 Å². The second kappa shape index (κ2) is 14.3. The summed E-state index contributed by atoms with van der Waals surface area (Å²) in [6.07, 6.45) is 3.28. The summed E-state index contributed by atoms with van der Waals surface area (Å²) in [5.41, 5.74) is -2.19. The Hall–Kier alpha value is -4.86. The van der Waals surface area contributed by atoms with Crippen LogP contribution in [0.25, 0.3) is 5.69 Å². The van der Waals surface area contributed by atoms with E-state index in [1.165, 1.54) is 11.0 Å². The molecular weight excluding hydrogens is 692 g/mol. The Balaban J connectivity index is 1.39. The lowest BCUT2D eigenvalue weighted by molar-refractivity contribution is -0.143. The lowest BCUT2D eigenvalue weighted by Crippen LogP contribution is -2.60. The van der Waals surface area contributed by atoms with Gasteiger partial charge in [-0.1, -0.05) is 39.0 Å². The molecular formula is C36H48N6O9S. The van der Waals surface area contributed by atoms with Crippen molar-refractivity contribution >= 4 is 45.6 Å². The van der Waals surface area contributed by atoms with Gasteiger partial charge in [0, 0.05) is 24.7 Å². The average Bonchev–Trinajstić information content (AvgIpc) is 3.91. The van der Waals surface area contributed by atoms with Gasteiger partial charge in [0.25, 0.3) is 5.91 Å². The number of carbonyl (C=O) groups excluding carboxylic acids is 5. The van der Waals surface area contributed by atoms with E-state index >= 15 is 0 Å². The number of carbonyl (C=O) groups is 5.